The first-order valence-corrected chi connectivity index (χ1v) is 14.2. The third kappa shape index (κ3) is 18.0. The summed E-state index contributed by atoms with van der Waals surface area (Å²) in [6, 6.07) is 0. The van der Waals surface area contributed by atoms with Crippen LogP contribution in [0.15, 0.2) is 0 Å². The van der Waals surface area contributed by atoms with E-state index in [1.807, 2.05) is 0 Å². The molecular weight excluding hydrogens is 384 g/mol. The molecule has 1 aliphatic rings. The zero-order valence-electron chi connectivity index (χ0n) is 21.3. The van der Waals surface area contributed by atoms with Crippen molar-refractivity contribution >= 4 is 0 Å². The zero-order chi connectivity index (χ0) is 22.4. The van der Waals surface area contributed by atoms with Gasteiger partial charge < -0.3 is 14.6 Å². The summed E-state index contributed by atoms with van der Waals surface area (Å²) in [6.45, 7) is 6.19. The highest BCUT2D eigenvalue weighted by atomic mass is 16.7. The molecule has 3 heteroatoms. The summed E-state index contributed by atoms with van der Waals surface area (Å²) in [7, 11) is 0. The molecule has 0 aromatic carbocycles. The minimum Gasteiger partial charge on any atom is -0.393 e. The zero-order valence-corrected chi connectivity index (χ0v) is 21.3. The summed E-state index contributed by atoms with van der Waals surface area (Å²) >= 11 is 0. The number of ether oxygens (including phenoxy) is 2. The first kappa shape index (κ1) is 28.9. The molecule has 1 fully saturated rings. The lowest BCUT2D eigenvalue weighted by atomic mass is 9.88. The van der Waals surface area contributed by atoms with E-state index >= 15 is 0 Å². The average molecular weight is 441 g/mol. The number of unbranched alkanes of at least 4 members (excludes halogenated alkanes) is 11. The quantitative estimate of drug-likeness (QED) is 0.171. The maximum atomic E-state index is 10.6. The molecule has 0 unspecified atom stereocenters. The van der Waals surface area contributed by atoms with Crippen LogP contribution in [0.1, 0.15) is 149 Å². The van der Waals surface area contributed by atoms with Gasteiger partial charge in [0.2, 0.25) is 0 Å². The Balaban J connectivity index is 2.15. The molecule has 1 heterocycles. The van der Waals surface area contributed by atoms with E-state index in [2.05, 4.69) is 13.8 Å². The molecular formula is C28H56O3. The SMILES string of the molecule is CCCCCCCCC(CCCCCCCC)C[C@H](O)CCCCO[C@@H]1CCCCO1. The van der Waals surface area contributed by atoms with Crippen LogP contribution in [0.25, 0.3) is 0 Å². The highest BCUT2D eigenvalue weighted by Gasteiger charge is 2.16. The fraction of sp³-hybridized carbons (Fsp3) is 1.00. The summed E-state index contributed by atoms with van der Waals surface area (Å²) in [5, 5.41) is 10.6. The van der Waals surface area contributed by atoms with Gasteiger partial charge in [-0.25, -0.2) is 0 Å². The Morgan fingerprint density at radius 1 is 0.742 bits per heavy atom. The first-order valence-electron chi connectivity index (χ1n) is 14.2. The van der Waals surface area contributed by atoms with Crippen LogP contribution in [0.2, 0.25) is 0 Å². The Morgan fingerprint density at radius 2 is 1.32 bits per heavy atom. The van der Waals surface area contributed by atoms with Crippen LogP contribution in [0, 0.1) is 5.92 Å². The van der Waals surface area contributed by atoms with Crippen LogP contribution in [0.5, 0.6) is 0 Å². The van der Waals surface area contributed by atoms with Crippen LogP contribution in [-0.2, 0) is 9.47 Å². The highest BCUT2D eigenvalue weighted by Crippen LogP contribution is 2.25. The minimum absolute atomic E-state index is 0.0257. The predicted molar refractivity (Wildman–Crippen MR) is 133 cm³/mol. The standard InChI is InChI=1S/C28H56O3/c1-3-5-7-9-11-13-19-26(20-14-12-10-8-6-4-2)25-27(29)21-15-17-23-30-28-22-16-18-24-31-28/h26-29H,3-25H2,1-2H3/t27-,28+/m1/s1. The lowest BCUT2D eigenvalue weighted by Gasteiger charge is -2.23. The molecule has 31 heavy (non-hydrogen) atoms. The predicted octanol–water partition coefficient (Wildman–Crippen LogP) is 8.57. The van der Waals surface area contributed by atoms with Gasteiger partial charge in [-0.3, -0.25) is 0 Å². The molecule has 0 bridgehead atoms. The molecule has 0 spiro atoms. The van der Waals surface area contributed by atoms with Gasteiger partial charge >= 0.3 is 0 Å². The third-order valence-electron chi connectivity index (χ3n) is 6.91. The van der Waals surface area contributed by atoms with Gasteiger partial charge in [-0.2, -0.15) is 0 Å². The van der Waals surface area contributed by atoms with Gasteiger partial charge in [0.15, 0.2) is 6.29 Å². The van der Waals surface area contributed by atoms with Crippen molar-refractivity contribution in [2.24, 2.45) is 5.92 Å². The third-order valence-corrected chi connectivity index (χ3v) is 6.91. The van der Waals surface area contributed by atoms with Gasteiger partial charge in [-0.1, -0.05) is 104 Å². The van der Waals surface area contributed by atoms with Crippen molar-refractivity contribution in [3.63, 3.8) is 0 Å². The molecule has 1 N–H and O–H groups in total. The molecule has 0 amide bonds. The van der Waals surface area contributed by atoms with E-state index in [0.717, 1.165) is 51.2 Å². The molecule has 1 aliphatic heterocycles. The highest BCUT2D eigenvalue weighted by molar-refractivity contribution is 4.67. The van der Waals surface area contributed by atoms with Crippen LogP contribution in [0.4, 0.5) is 0 Å². The van der Waals surface area contributed by atoms with Gasteiger partial charge in [0.1, 0.15) is 0 Å². The van der Waals surface area contributed by atoms with Crippen molar-refractivity contribution in [3.8, 4) is 0 Å². The molecule has 1 rings (SSSR count). The van der Waals surface area contributed by atoms with E-state index in [1.165, 1.54) is 103 Å². The second kappa shape index (κ2) is 21.7. The number of hydrogen-bond acceptors (Lipinski definition) is 3. The smallest absolute Gasteiger partial charge is 0.157 e. The van der Waals surface area contributed by atoms with Crippen molar-refractivity contribution in [1.82, 2.24) is 0 Å². The Bertz CT molecular complexity index is 338. The van der Waals surface area contributed by atoms with Crippen molar-refractivity contribution in [2.45, 2.75) is 161 Å². The largest absolute Gasteiger partial charge is 0.393 e. The van der Waals surface area contributed by atoms with E-state index in [4.69, 9.17) is 9.47 Å². The monoisotopic (exact) mass is 440 g/mol. The average Bonchev–Trinajstić information content (AvgIpc) is 2.78. The maximum absolute atomic E-state index is 10.6. The Labute approximate surface area is 195 Å². The van der Waals surface area contributed by atoms with Crippen molar-refractivity contribution < 1.29 is 14.6 Å². The van der Waals surface area contributed by atoms with Crippen molar-refractivity contribution in [1.29, 1.82) is 0 Å². The van der Waals surface area contributed by atoms with Crippen molar-refractivity contribution in [2.75, 3.05) is 13.2 Å². The molecule has 0 saturated carbocycles. The van der Waals surface area contributed by atoms with E-state index in [9.17, 15) is 5.11 Å². The molecule has 0 aromatic heterocycles. The minimum atomic E-state index is -0.129. The fourth-order valence-corrected chi connectivity index (χ4v) is 4.85. The van der Waals surface area contributed by atoms with Crippen LogP contribution >= 0.6 is 0 Å². The van der Waals surface area contributed by atoms with Crippen LogP contribution in [-0.4, -0.2) is 30.7 Å². The summed E-state index contributed by atoms with van der Waals surface area (Å²) < 4.78 is 11.5. The van der Waals surface area contributed by atoms with Gasteiger partial charge in [0.25, 0.3) is 0 Å². The Kier molecular flexibility index (Phi) is 20.2. The summed E-state index contributed by atoms with van der Waals surface area (Å²) in [6.07, 6.45) is 26.5. The van der Waals surface area contributed by atoms with Gasteiger partial charge in [0.05, 0.1) is 6.10 Å². The van der Waals surface area contributed by atoms with Crippen LogP contribution < -0.4 is 0 Å². The molecule has 2 atom stereocenters. The van der Waals surface area contributed by atoms with Crippen molar-refractivity contribution in [3.05, 3.63) is 0 Å². The maximum Gasteiger partial charge on any atom is 0.157 e. The normalized spacial score (nSPS) is 18.0. The van der Waals surface area contributed by atoms with E-state index in [0.29, 0.717) is 0 Å². The molecule has 3 nitrogen and oxygen atoms in total. The van der Waals surface area contributed by atoms with Gasteiger partial charge in [0, 0.05) is 13.2 Å². The molecule has 1 saturated heterocycles. The topological polar surface area (TPSA) is 38.7 Å². The lowest BCUT2D eigenvalue weighted by Crippen LogP contribution is -2.22. The Morgan fingerprint density at radius 3 is 1.90 bits per heavy atom. The summed E-state index contributed by atoms with van der Waals surface area (Å²) in [5.41, 5.74) is 0. The van der Waals surface area contributed by atoms with E-state index in [-0.39, 0.29) is 12.4 Å². The molecule has 0 aliphatic carbocycles. The molecule has 0 radical (unpaired) electrons. The van der Waals surface area contributed by atoms with Gasteiger partial charge in [-0.05, 0) is 50.9 Å². The Hall–Kier alpha value is -0.120. The lowest BCUT2D eigenvalue weighted by molar-refractivity contribution is -0.162. The first-order chi connectivity index (χ1) is 15.3. The van der Waals surface area contributed by atoms with E-state index in [1.54, 1.807) is 0 Å². The van der Waals surface area contributed by atoms with Crippen LogP contribution in [0.3, 0.4) is 0 Å². The fourth-order valence-electron chi connectivity index (χ4n) is 4.85. The summed E-state index contributed by atoms with van der Waals surface area (Å²) in [4.78, 5) is 0. The number of aliphatic hydroxyl groups is 1. The number of rotatable bonds is 22. The molecule has 186 valence electrons. The molecule has 0 aromatic rings. The second-order valence-corrected chi connectivity index (χ2v) is 10.0. The van der Waals surface area contributed by atoms with E-state index < -0.39 is 0 Å². The van der Waals surface area contributed by atoms with Gasteiger partial charge in [-0.15, -0.1) is 0 Å². The number of hydrogen-bond donors (Lipinski definition) is 1. The summed E-state index contributed by atoms with van der Waals surface area (Å²) in [5.74, 6) is 0.722. The number of aliphatic hydroxyl groups excluding tert-OH is 1. The second-order valence-electron chi connectivity index (χ2n) is 10.0.